The number of rotatable bonds is 7. The Hall–Kier alpha value is -0.960. The molecule has 3 rings (SSSR count). The molecule has 0 unspecified atom stereocenters. The van der Waals surface area contributed by atoms with Gasteiger partial charge in [-0.25, -0.2) is 8.42 Å². The zero-order chi connectivity index (χ0) is 18.6. The molecule has 0 bridgehead atoms. The molecule has 2 aliphatic heterocycles. The number of sulfonamides is 1. The molecule has 1 aromatic heterocycles. The van der Waals surface area contributed by atoms with Crippen molar-refractivity contribution in [1.82, 2.24) is 14.5 Å². The summed E-state index contributed by atoms with van der Waals surface area (Å²) in [6.45, 7) is 6.95. The summed E-state index contributed by atoms with van der Waals surface area (Å²) in [5, 5.41) is 3.38. The minimum absolute atomic E-state index is 0.110. The number of nitrogens with zero attached hydrogens (tertiary/aromatic N) is 2. The van der Waals surface area contributed by atoms with E-state index in [1.807, 2.05) is 4.90 Å². The number of hydrogen-bond donors (Lipinski definition) is 1. The fourth-order valence-corrected chi connectivity index (χ4v) is 6.66. The molecule has 146 valence electrons. The highest BCUT2D eigenvalue weighted by Gasteiger charge is 2.29. The van der Waals surface area contributed by atoms with Crippen LogP contribution < -0.4 is 5.32 Å². The Labute approximate surface area is 160 Å². The lowest BCUT2D eigenvalue weighted by Gasteiger charge is -2.32. The average molecular weight is 400 g/mol. The van der Waals surface area contributed by atoms with Crippen LogP contribution in [0.4, 0.5) is 0 Å². The summed E-state index contributed by atoms with van der Waals surface area (Å²) >= 11 is 1.24. The van der Waals surface area contributed by atoms with Crippen molar-refractivity contribution in [3.8, 4) is 0 Å². The van der Waals surface area contributed by atoms with Crippen LogP contribution in [0, 0.1) is 5.92 Å². The molecule has 0 aliphatic carbocycles. The van der Waals surface area contributed by atoms with E-state index in [4.69, 9.17) is 0 Å². The van der Waals surface area contributed by atoms with E-state index in [1.165, 1.54) is 11.3 Å². The molecule has 2 fully saturated rings. The van der Waals surface area contributed by atoms with Crippen LogP contribution in [0.25, 0.3) is 0 Å². The topological polar surface area (TPSA) is 69.7 Å². The van der Waals surface area contributed by atoms with E-state index in [2.05, 4.69) is 12.2 Å². The second-order valence-electron chi connectivity index (χ2n) is 7.14. The Morgan fingerprint density at radius 1 is 1.19 bits per heavy atom. The van der Waals surface area contributed by atoms with Gasteiger partial charge in [0, 0.05) is 31.1 Å². The number of likely N-dealkylation sites (tertiary alicyclic amines) is 1. The molecule has 2 aliphatic rings. The maximum atomic E-state index is 12.6. The van der Waals surface area contributed by atoms with Crippen LogP contribution in [0.3, 0.4) is 0 Å². The highest BCUT2D eigenvalue weighted by molar-refractivity contribution is 7.91. The number of hydrogen-bond acceptors (Lipinski definition) is 5. The van der Waals surface area contributed by atoms with Crippen LogP contribution in [-0.2, 0) is 21.2 Å². The zero-order valence-electron chi connectivity index (χ0n) is 15.4. The Balaban J connectivity index is 1.53. The van der Waals surface area contributed by atoms with Gasteiger partial charge in [-0.1, -0.05) is 6.92 Å². The van der Waals surface area contributed by atoms with Gasteiger partial charge in [-0.2, -0.15) is 4.31 Å². The summed E-state index contributed by atoms with van der Waals surface area (Å²) in [7, 11) is -3.37. The third kappa shape index (κ3) is 4.65. The van der Waals surface area contributed by atoms with E-state index >= 15 is 0 Å². The highest BCUT2D eigenvalue weighted by atomic mass is 32.2. The zero-order valence-corrected chi connectivity index (χ0v) is 17.1. The summed E-state index contributed by atoms with van der Waals surface area (Å²) in [5.74, 6) is 0.761. The first kappa shape index (κ1) is 19.8. The molecule has 1 aromatic rings. The fourth-order valence-electron chi connectivity index (χ4n) is 3.64. The van der Waals surface area contributed by atoms with Crippen LogP contribution in [0.15, 0.2) is 16.3 Å². The van der Waals surface area contributed by atoms with Crippen LogP contribution in [0.1, 0.15) is 37.5 Å². The fraction of sp³-hybridized carbons (Fsp3) is 0.722. The lowest BCUT2D eigenvalue weighted by molar-refractivity contribution is -0.131. The molecule has 1 amide bonds. The van der Waals surface area contributed by atoms with E-state index < -0.39 is 10.0 Å². The molecular formula is C18H29N3O3S2. The normalized spacial score (nSPS) is 20.0. The van der Waals surface area contributed by atoms with Gasteiger partial charge in [0.15, 0.2) is 0 Å². The van der Waals surface area contributed by atoms with Gasteiger partial charge >= 0.3 is 0 Å². The summed E-state index contributed by atoms with van der Waals surface area (Å²) in [6.07, 6.45) is 4.24. The quantitative estimate of drug-likeness (QED) is 0.761. The Morgan fingerprint density at radius 2 is 1.88 bits per heavy atom. The maximum Gasteiger partial charge on any atom is 0.252 e. The molecule has 8 heteroatoms. The molecule has 2 saturated heterocycles. The van der Waals surface area contributed by atoms with Crippen molar-refractivity contribution in [2.75, 3.05) is 39.3 Å². The first-order chi connectivity index (χ1) is 12.5. The van der Waals surface area contributed by atoms with Crippen molar-refractivity contribution in [3.05, 3.63) is 17.0 Å². The molecule has 0 aromatic carbocycles. The minimum atomic E-state index is -3.37. The predicted octanol–water partition coefficient (Wildman–Crippen LogP) is 1.92. The average Bonchev–Trinajstić information content (AvgIpc) is 3.32. The van der Waals surface area contributed by atoms with E-state index in [1.54, 1.807) is 16.4 Å². The number of amides is 1. The van der Waals surface area contributed by atoms with Crippen molar-refractivity contribution in [1.29, 1.82) is 0 Å². The van der Waals surface area contributed by atoms with Crippen LogP contribution in [0.2, 0.25) is 0 Å². The number of nitrogens with one attached hydrogen (secondary N) is 1. The number of carbonyl (C=O) groups excluding carboxylic acids is 1. The van der Waals surface area contributed by atoms with Crippen LogP contribution in [0.5, 0.6) is 0 Å². The van der Waals surface area contributed by atoms with Crippen LogP contribution >= 0.6 is 11.3 Å². The van der Waals surface area contributed by atoms with Gasteiger partial charge in [-0.3, -0.25) is 4.79 Å². The van der Waals surface area contributed by atoms with Gasteiger partial charge in [-0.15, -0.1) is 11.3 Å². The maximum absolute atomic E-state index is 12.6. The van der Waals surface area contributed by atoms with E-state index in [0.29, 0.717) is 29.6 Å². The van der Waals surface area contributed by atoms with E-state index in [9.17, 15) is 13.2 Å². The highest BCUT2D eigenvalue weighted by Crippen LogP contribution is 2.28. The summed E-state index contributed by atoms with van der Waals surface area (Å²) in [6, 6.07) is 3.45. The Bertz CT molecular complexity index is 703. The predicted molar refractivity (Wildman–Crippen MR) is 104 cm³/mol. The summed E-state index contributed by atoms with van der Waals surface area (Å²) in [5.41, 5.74) is 0. The van der Waals surface area contributed by atoms with Crippen molar-refractivity contribution >= 4 is 27.3 Å². The third-order valence-corrected chi connectivity index (χ3v) is 8.72. The molecule has 1 N–H and O–H groups in total. The number of piperidine rings is 1. The van der Waals surface area contributed by atoms with Crippen LogP contribution in [-0.4, -0.2) is 62.8 Å². The first-order valence-electron chi connectivity index (χ1n) is 9.58. The lowest BCUT2D eigenvalue weighted by Crippen LogP contribution is -2.41. The van der Waals surface area contributed by atoms with Crippen molar-refractivity contribution < 1.29 is 13.2 Å². The summed E-state index contributed by atoms with van der Waals surface area (Å²) < 4.78 is 27.1. The molecule has 0 spiro atoms. The number of carbonyl (C=O) groups is 1. The van der Waals surface area contributed by atoms with Gasteiger partial charge in [0.1, 0.15) is 4.21 Å². The standard InChI is InChI=1S/C18H29N3O3S2/c1-2-19-14-15-7-11-20(12-8-15)17(22)13-16-5-6-18(25-16)26(23,24)21-9-3-4-10-21/h5-6,15,19H,2-4,7-14H2,1H3. The van der Waals surface area contributed by atoms with E-state index in [-0.39, 0.29) is 5.91 Å². The van der Waals surface area contributed by atoms with Crippen molar-refractivity contribution in [2.24, 2.45) is 5.92 Å². The molecule has 3 heterocycles. The monoisotopic (exact) mass is 399 g/mol. The third-order valence-electron chi connectivity index (χ3n) is 5.27. The van der Waals surface area contributed by atoms with Gasteiger partial charge < -0.3 is 10.2 Å². The van der Waals surface area contributed by atoms with Gasteiger partial charge in [0.2, 0.25) is 5.91 Å². The van der Waals surface area contributed by atoms with Crippen molar-refractivity contribution in [2.45, 2.75) is 43.2 Å². The number of thiophene rings is 1. The Morgan fingerprint density at radius 3 is 2.54 bits per heavy atom. The molecule has 0 atom stereocenters. The first-order valence-corrected chi connectivity index (χ1v) is 11.8. The Kier molecular flexibility index (Phi) is 6.71. The smallest absolute Gasteiger partial charge is 0.252 e. The molecule has 0 radical (unpaired) electrons. The molecule has 6 nitrogen and oxygen atoms in total. The van der Waals surface area contributed by atoms with Gasteiger partial charge in [0.25, 0.3) is 10.0 Å². The second kappa shape index (κ2) is 8.82. The second-order valence-corrected chi connectivity index (χ2v) is 10.5. The largest absolute Gasteiger partial charge is 0.342 e. The summed E-state index contributed by atoms with van der Waals surface area (Å²) in [4.78, 5) is 15.3. The van der Waals surface area contributed by atoms with Gasteiger partial charge in [-0.05, 0) is 56.8 Å². The van der Waals surface area contributed by atoms with Crippen molar-refractivity contribution in [3.63, 3.8) is 0 Å². The van der Waals surface area contributed by atoms with E-state index in [0.717, 1.165) is 56.7 Å². The molecule has 0 saturated carbocycles. The SMILES string of the molecule is CCNCC1CCN(C(=O)Cc2ccc(S(=O)(=O)N3CCCC3)s2)CC1. The molecular weight excluding hydrogens is 370 g/mol. The minimum Gasteiger partial charge on any atom is -0.342 e. The lowest BCUT2D eigenvalue weighted by atomic mass is 9.96. The molecule has 26 heavy (non-hydrogen) atoms. The van der Waals surface area contributed by atoms with Gasteiger partial charge in [0.05, 0.1) is 6.42 Å².